The number of fused-ring (bicyclic) bond motifs is 1. The third-order valence-electron chi connectivity index (χ3n) is 1.90. The number of aryl methyl sites for hydroxylation is 1. The van der Waals surface area contributed by atoms with Gasteiger partial charge in [0.05, 0.1) is 9.09 Å². The van der Waals surface area contributed by atoms with Crippen LogP contribution in [0.25, 0.3) is 0 Å². The van der Waals surface area contributed by atoms with Crippen LogP contribution in [0.4, 0.5) is 0 Å². The van der Waals surface area contributed by atoms with Crippen LogP contribution in [0.3, 0.4) is 0 Å². The van der Waals surface area contributed by atoms with Crippen LogP contribution in [0.5, 0.6) is 0 Å². The molecule has 0 amide bonds. The summed E-state index contributed by atoms with van der Waals surface area (Å²) in [5, 5.41) is 0. The molecule has 0 bridgehead atoms. The number of Topliss-reactive ketones (excluding diaryl/α,β-unsaturated/α-hetero) is 1. The van der Waals surface area contributed by atoms with Crippen LogP contribution in [0, 0.1) is 0 Å². The normalized spacial score (nSPS) is 16.6. The summed E-state index contributed by atoms with van der Waals surface area (Å²) in [5.74, 6) is 0.302. The van der Waals surface area contributed by atoms with Crippen LogP contribution < -0.4 is 0 Å². The summed E-state index contributed by atoms with van der Waals surface area (Å²) in [6.07, 6.45) is 2.79. The molecule has 1 aliphatic carbocycles. The number of ketones is 1. The topological polar surface area (TPSA) is 17.1 Å². The van der Waals surface area contributed by atoms with Crippen molar-refractivity contribution in [3.8, 4) is 0 Å². The van der Waals surface area contributed by atoms with Gasteiger partial charge in [-0.3, -0.25) is 4.79 Å². The third-order valence-corrected chi connectivity index (χ3v) is 3.32. The molecule has 0 radical (unpaired) electrons. The van der Waals surface area contributed by atoms with Crippen molar-refractivity contribution in [3.05, 3.63) is 16.5 Å². The van der Waals surface area contributed by atoms with Crippen molar-refractivity contribution in [2.75, 3.05) is 0 Å². The van der Waals surface area contributed by atoms with Gasteiger partial charge in [-0.2, -0.15) is 0 Å². The summed E-state index contributed by atoms with van der Waals surface area (Å²) < 4.78 is 0.963. The highest BCUT2D eigenvalue weighted by atomic mass is 32.2. The highest BCUT2D eigenvalue weighted by molar-refractivity contribution is 7.82. The predicted molar refractivity (Wildman–Crippen MR) is 48.8 cm³/mol. The van der Waals surface area contributed by atoms with Gasteiger partial charge >= 0.3 is 0 Å². The average Bonchev–Trinajstić information content (AvgIpc) is 2.31. The molecular weight excluding hydrogens is 176 g/mol. The lowest BCUT2D eigenvalue weighted by atomic mass is 9.99. The molecule has 58 valence electrons. The van der Waals surface area contributed by atoms with E-state index >= 15 is 0 Å². The summed E-state index contributed by atoms with van der Waals surface area (Å²) in [6, 6.07) is 2.01. The summed E-state index contributed by atoms with van der Waals surface area (Å²) >= 11 is 5.73. The van der Waals surface area contributed by atoms with E-state index in [1.54, 1.807) is 0 Å². The number of rotatable bonds is 0. The molecule has 1 aliphatic rings. The van der Waals surface area contributed by atoms with Crippen LogP contribution >= 0.6 is 24.0 Å². The molecule has 1 heterocycles. The quantitative estimate of drug-likeness (QED) is 0.613. The first kappa shape index (κ1) is 7.37. The van der Waals surface area contributed by atoms with E-state index in [2.05, 4.69) is 12.6 Å². The largest absolute Gasteiger partial charge is 0.293 e. The first-order chi connectivity index (χ1) is 5.27. The number of hydrogen-bond acceptors (Lipinski definition) is 3. The van der Waals surface area contributed by atoms with Gasteiger partial charge < -0.3 is 0 Å². The van der Waals surface area contributed by atoms with Crippen LogP contribution in [0.2, 0.25) is 0 Å². The SMILES string of the molecule is O=C1CCCc2cc(S)sc21. The average molecular weight is 184 g/mol. The second-order valence-corrected chi connectivity index (χ2v) is 4.55. The van der Waals surface area contributed by atoms with Crippen molar-refractivity contribution < 1.29 is 4.79 Å². The number of hydrogen-bond donors (Lipinski definition) is 1. The van der Waals surface area contributed by atoms with E-state index in [1.807, 2.05) is 6.07 Å². The lowest BCUT2D eigenvalue weighted by Gasteiger charge is -2.07. The Hall–Kier alpha value is -0.280. The monoisotopic (exact) mass is 184 g/mol. The molecule has 0 N–H and O–H groups in total. The van der Waals surface area contributed by atoms with Gasteiger partial charge in [0.15, 0.2) is 5.78 Å². The molecule has 0 aromatic carbocycles. The molecule has 11 heavy (non-hydrogen) atoms. The molecule has 0 atom stereocenters. The number of thiophene rings is 1. The van der Waals surface area contributed by atoms with E-state index in [4.69, 9.17) is 0 Å². The molecular formula is C8H8OS2. The van der Waals surface area contributed by atoms with E-state index in [0.29, 0.717) is 5.78 Å². The molecule has 3 heteroatoms. The van der Waals surface area contributed by atoms with Crippen molar-refractivity contribution in [3.63, 3.8) is 0 Å². The standard InChI is InChI=1S/C8H8OS2/c9-6-3-1-2-5-4-7(10)11-8(5)6/h4,10H,1-3H2. The zero-order valence-corrected chi connectivity index (χ0v) is 7.67. The van der Waals surface area contributed by atoms with Gasteiger partial charge in [-0.15, -0.1) is 24.0 Å². The predicted octanol–water partition coefficient (Wildman–Crippen LogP) is 2.56. The molecule has 0 fully saturated rings. The minimum absolute atomic E-state index is 0.302. The molecule has 0 spiro atoms. The molecule has 1 aromatic heterocycles. The maximum absolute atomic E-state index is 11.3. The second kappa shape index (κ2) is 2.64. The minimum Gasteiger partial charge on any atom is -0.293 e. The second-order valence-electron chi connectivity index (χ2n) is 2.72. The first-order valence-electron chi connectivity index (χ1n) is 3.62. The Labute approximate surface area is 74.8 Å². The van der Waals surface area contributed by atoms with Crippen molar-refractivity contribution in [2.45, 2.75) is 23.5 Å². The van der Waals surface area contributed by atoms with Gasteiger partial charge in [-0.1, -0.05) is 0 Å². The fourth-order valence-electron chi connectivity index (χ4n) is 1.39. The molecule has 0 saturated carbocycles. The Morgan fingerprint density at radius 2 is 2.27 bits per heavy atom. The van der Waals surface area contributed by atoms with Crippen molar-refractivity contribution in [2.24, 2.45) is 0 Å². The third kappa shape index (κ3) is 1.23. The lowest BCUT2D eigenvalue weighted by molar-refractivity contribution is 0.0977. The summed E-state index contributed by atoms with van der Waals surface area (Å²) in [5.41, 5.74) is 1.20. The molecule has 0 saturated heterocycles. The number of carbonyl (C=O) groups excluding carboxylic acids is 1. The van der Waals surface area contributed by atoms with Crippen LogP contribution in [0.15, 0.2) is 10.3 Å². The first-order valence-corrected chi connectivity index (χ1v) is 4.88. The number of thiol groups is 1. The van der Waals surface area contributed by atoms with E-state index in [-0.39, 0.29) is 0 Å². The van der Waals surface area contributed by atoms with E-state index < -0.39 is 0 Å². The van der Waals surface area contributed by atoms with Gasteiger partial charge in [0, 0.05) is 6.42 Å². The van der Waals surface area contributed by atoms with Crippen molar-refractivity contribution >= 4 is 29.7 Å². The van der Waals surface area contributed by atoms with Gasteiger partial charge in [-0.25, -0.2) is 0 Å². The summed E-state index contributed by atoms with van der Waals surface area (Å²) in [7, 11) is 0. The highest BCUT2D eigenvalue weighted by Crippen LogP contribution is 2.31. The summed E-state index contributed by atoms with van der Waals surface area (Å²) in [4.78, 5) is 12.2. The van der Waals surface area contributed by atoms with Gasteiger partial charge in [-0.05, 0) is 24.5 Å². The molecule has 0 aliphatic heterocycles. The summed E-state index contributed by atoms with van der Waals surface area (Å²) in [6.45, 7) is 0. The smallest absolute Gasteiger partial charge is 0.173 e. The van der Waals surface area contributed by atoms with Crippen LogP contribution in [-0.2, 0) is 6.42 Å². The molecule has 0 unspecified atom stereocenters. The van der Waals surface area contributed by atoms with Gasteiger partial charge in [0.1, 0.15) is 0 Å². The Balaban J connectivity index is 2.52. The molecule has 1 nitrogen and oxygen atoms in total. The van der Waals surface area contributed by atoms with E-state index in [9.17, 15) is 4.79 Å². The van der Waals surface area contributed by atoms with Crippen LogP contribution in [-0.4, -0.2) is 5.78 Å². The zero-order chi connectivity index (χ0) is 7.84. The fourth-order valence-corrected chi connectivity index (χ4v) is 2.74. The van der Waals surface area contributed by atoms with Crippen LogP contribution in [0.1, 0.15) is 28.1 Å². The van der Waals surface area contributed by atoms with E-state index in [0.717, 1.165) is 28.3 Å². The van der Waals surface area contributed by atoms with Gasteiger partial charge in [0.25, 0.3) is 0 Å². The van der Waals surface area contributed by atoms with Crippen molar-refractivity contribution in [1.82, 2.24) is 0 Å². The Morgan fingerprint density at radius 3 is 3.00 bits per heavy atom. The maximum Gasteiger partial charge on any atom is 0.173 e. The lowest BCUT2D eigenvalue weighted by Crippen LogP contribution is -2.06. The fraction of sp³-hybridized carbons (Fsp3) is 0.375. The molecule has 1 aromatic rings. The minimum atomic E-state index is 0.302. The maximum atomic E-state index is 11.3. The number of carbonyl (C=O) groups is 1. The Kier molecular flexibility index (Phi) is 1.77. The Morgan fingerprint density at radius 1 is 1.45 bits per heavy atom. The zero-order valence-electron chi connectivity index (χ0n) is 5.96. The Bertz CT molecular complexity index is 301. The van der Waals surface area contributed by atoms with Gasteiger partial charge in [0.2, 0.25) is 0 Å². The van der Waals surface area contributed by atoms with Crippen molar-refractivity contribution in [1.29, 1.82) is 0 Å². The van der Waals surface area contributed by atoms with E-state index in [1.165, 1.54) is 16.9 Å². The highest BCUT2D eigenvalue weighted by Gasteiger charge is 2.19. The molecule has 2 rings (SSSR count).